The largest absolute Gasteiger partial charge is 0.494 e. The van der Waals surface area contributed by atoms with Crippen LogP contribution in [-0.2, 0) is 5.67 Å². The van der Waals surface area contributed by atoms with Gasteiger partial charge in [0.1, 0.15) is 11.4 Å². The Morgan fingerprint density at radius 2 is 1.87 bits per heavy atom. The number of halogens is 1. The van der Waals surface area contributed by atoms with Crippen LogP contribution in [0.1, 0.15) is 25.8 Å². The summed E-state index contributed by atoms with van der Waals surface area (Å²) < 4.78 is 18.8. The van der Waals surface area contributed by atoms with Gasteiger partial charge in [0.15, 0.2) is 0 Å². The highest BCUT2D eigenvalue weighted by atomic mass is 19.1. The fourth-order valence-electron chi connectivity index (χ4n) is 1.20. The topological polar surface area (TPSA) is 29.5 Å². The zero-order valence-electron chi connectivity index (χ0n) is 9.16. The van der Waals surface area contributed by atoms with E-state index in [1.165, 1.54) is 13.8 Å². The van der Waals surface area contributed by atoms with Crippen LogP contribution in [0.4, 0.5) is 4.39 Å². The average Bonchev–Trinajstić information content (AvgIpc) is 2.18. The molecular weight excluding hydrogens is 195 g/mol. The Morgan fingerprint density at radius 1 is 1.27 bits per heavy atom. The molecule has 84 valence electrons. The van der Waals surface area contributed by atoms with E-state index in [1.807, 2.05) is 0 Å². The van der Waals surface area contributed by atoms with Crippen molar-refractivity contribution in [2.75, 3.05) is 13.2 Å². The van der Waals surface area contributed by atoms with Crippen LogP contribution < -0.4 is 4.74 Å². The highest BCUT2D eigenvalue weighted by molar-refractivity contribution is 5.30. The van der Waals surface area contributed by atoms with E-state index >= 15 is 0 Å². The molecule has 0 aromatic heterocycles. The predicted octanol–water partition coefficient (Wildman–Crippen LogP) is 2.65. The second kappa shape index (κ2) is 5.12. The molecule has 1 aromatic rings. The lowest BCUT2D eigenvalue weighted by atomic mass is 10.0. The lowest BCUT2D eigenvalue weighted by molar-refractivity contribution is 0.220. The first-order valence-electron chi connectivity index (χ1n) is 5.07. The lowest BCUT2D eigenvalue weighted by Gasteiger charge is -2.15. The summed E-state index contributed by atoms with van der Waals surface area (Å²) in [5, 5.41) is 8.57. The molecule has 0 amide bonds. The van der Waals surface area contributed by atoms with Crippen molar-refractivity contribution in [3.63, 3.8) is 0 Å². The number of ether oxygens (including phenoxy) is 1. The predicted molar refractivity (Wildman–Crippen MR) is 57.8 cm³/mol. The van der Waals surface area contributed by atoms with E-state index in [-0.39, 0.29) is 6.61 Å². The van der Waals surface area contributed by atoms with Crippen LogP contribution in [0.25, 0.3) is 0 Å². The van der Waals surface area contributed by atoms with Gasteiger partial charge in [-0.15, -0.1) is 0 Å². The number of rotatable bonds is 5. The van der Waals surface area contributed by atoms with Gasteiger partial charge in [0.25, 0.3) is 0 Å². The summed E-state index contributed by atoms with van der Waals surface area (Å²) in [6.07, 6.45) is 0.607. The number of hydrogen-bond donors (Lipinski definition) is 1. The van der Waals surface area contributed by atoms with Crippen molar-refractivity contribution in [3.05, 3.63) is 29.8 Å². The first-order valence-corrected chi connectivity index (χ1v) is 5.07. The van der Waals surface area contributed by atoms with Gasteiger partial charge in [-0.2, -0.15) is 0 Å². The second-order valence-corrected chi connectivity index (χ2v) is 3.92. The minimum atomic E-state index is -1.32. The van der Waals surface area contributed by atoms with Crippen LogP contribution >= 0.6 is 0 Å². The molecule has 0 radical (unpaired) electrons. The molecule has 0 fully saturated rings. The van der Waals surface area contributed by atoms with Crippen molar-refractivity contribution >= 4 is 0 Å². The Morgan fingerprint density at radius 3 is 2.33 bits per heavy atom. The quantitative estimate of drug-likeness (QED) is 0.760. The van der Waals surface area contributed by atoms with Crippen molar-refractivity contribution in [1.82, 2.24) is 0 Å². The molecule has 0 aliphatic rings. The van der Waals surface area contributed by atoms with Crippen molar-refractivity contribution in [2.45, 2.75) is 25.9 Å². The van der Waals surface area contributed by atoms with Gasteiger partial charge in [-0.3, -0.25) is 0 Å². The summed E-state index contributed by atoms with van der Waals surface area (Å²) >= 11 is 0. The molecule has 1 aromatic carbocycles. The summed E-state index contributed by atoms with van der Waals surface area (Å²) in [6.45, 7) is 3.65. The van der Waals surface area contributed by atoms with Gasteiger partial charge in [-0.1, -0.05) is 12.1 Å². The molecule has 0 bridgehead atoms. The molecule has 0 spiro atoms. The Kier molecular flexibility index (Phi) is 4.09. The van der Waals surface area contributed by atoms with E-state index in [0.717, 1.165) is 0 Å². The minimum absolute atomic E-state index is 0.121. The van der Waals surface area contributed by atoms with E-state index in [9.17, 15) is 4.39 Å². The number of aliphatic hydroxyl groups is 1. The van der Waals surface area contributed by atoms with E-state index < -0.39 is 5.67 Å². The third-order valence-electron chi connectivity index (χ3n) is 2.11. The molecule has 2 nitrogen and oxygen atoms in total. The number of benzene rings is 1. The molecule has 15 heavy (non-hydrogen) atoms. The van der Waals surface area contributed by atoms with Gasteiger partial charge >= 0.3 is 0 Å². The van der Waals surface area contributed by atoms with E-state index in [1.54, 1.807) is 24.3 Å². The van der Waals surface area contributed by atoms with Gasteiger partial charge in [0, 0.05) is 13.0 Å². The number of hydrogen-bond acceptors (Lipinski definition) is 2. The molecule has 1 rings (SSSR count). The number of aliphatic hydroxyl groups excluding tert-OH is 1. The van der Waals surface area contributed by atoms with Gasteiger partial charge in [-0.25, -0.2) is 4.39 Å². The van der Waals surface area contributed by atoms with Crippen molar-refractivity contribution in [1.29, 1.82) is 0 Å². The fraction of sp³-hybridized carbons (Fsp3) is 0.500. The summed E-state index contributed by atoms with van der Waals surface area (Å²) in [6, 6.07) is 6.92. The normalized spacial score (nSPS) is 11.5. The Labute approximate surface area is 89.7 Å². The molecule has 3 heteroatoms. The van der Waals surface area contributed by atoms with Crippen LogP contribution in [-0.4, -0.2) is 18.3 Å². The Bertz CT molecular complexity index is 287. The molecule has 0 unspecified atom stereocenters. The highest BCUT2D eigenvalue weighted by Crippen LogP contribution is 2.26. The summed E-state index contributed by atoms with van der Waals surface area (Å²) in [7, 11) is 0. The summed E-state index contributed by atoms with van der Waals surface area (Å²) in [4.78, 5) is 0. The average molecular weight is 212 g/mol. The fourth-order valence-corrected chi connectivity index (χ4v) is 1.20. The monoisotopic (exact) mass is 212 g/mol. The molecule has 0 aliphatic carbocycles. The highest BCUT2D eigenvalue weighted by Gasteiger charge is 2.17. The molecule has 1 N–H and O–H groups in total. The Balaban J connectivity index is 2.57. The maximum Gasteiger partial charge on any atom is 0.130 e. The summed E-state index contributed by atoms with van der Waals surface area (Å²) in [5.74, 6) is 0.705. The van der Waals surface area contributed by atoms with Crippen LogP contribution in [0, 0.1) is 0 Å². The maximum absolute atomic E-state index is 13.5. The smallest absolute Gasteiger partial charge is 0.130 e. The van der Waals surface area contributed by atoms with Crippen molar-refractivity contribution in [3.8, 4) is 5.75 Å². The molecule has 0 saturated carbocycles. The molecule has 0 aliphatic heterocycles. The van der Waals surface area contributed by atoms with Crippen LogP contribution in [0.3, 0.4) is 0 Å². The van der Waals surface area contributed by atoms with E-state index in [0.29, 0.717) is 24.3 Å². The van der Waals surface area contributed by atoms with E-state index in [2.05, 4.69) is 0 Å². The van der Waals surface area contributed by atoms with Crippen LogP contribution in [0.5, 0.6) is 5.75 Å². The first kappa shape index (κ1) is 12.0. The molecular formula is C12H17FO2. The zero-order valence-corrected chi connectivity index (χ0v) is 9.16. The zero-order chi connectivity index (χ0) is 11.3. The maximum atomic E-state index is 13.5. The minimum Gasteiger partial charge on any atom is -0.494 e. The molecule has 0 saturated heterocycles. The first-order chi connectivity index (χ1) is 7.04. The SMILES string of the molecule is CC(C)(F)c1ccc(OCCCO)cc1. The van der Waals surface area contributed by atoms with Crippen LogP contribution in [0.15, 0.2) is 24.3 Å². The van der Waals surface area contributed by atoms with Crippen molar-refractivity contribution < 1.29 is 14.2 Å². The van der Waals surface area contributed by atoms with Gasteiger partial charge in [-0.05, 0) is 31.5 Å². The van der Waals surface area contributed by atoms with Gasteiger partial charge in [0.05, 0.1) is 6.61 Å². The van der Waals surface area contributed by atoms with Crippen molar-refractivity contribution in [2.24, 2.45) is 0 Å². The van der Waals surface area contributed by atoms with Gasteiger partial charge in [0.2, 0.25) is 0 Å². The van der Waals surface area contributed by atoms with Gasteiger partial charge < -0.3 is 9.84 Å². The molecule has 0 atom stereocenters. The second-order valence-electron chi connectivity index (χ2n) is 3.92. The lowest BCUT2D eigenvalue weighted by Crippen LogP contribution is -2.08. The standard InChI is InChI=1S/C12H17FO2/c1-12(2,13)10-4-6-11(7-5-10)15-9-3-8-14/h4-7,14H,3,8-9H2,1-2H3. The Hall–Kier alpha value is -1.09. The van der Waals surface area contributed by atoms with E-state index in [4.69, 9.17) is 9.84 Å². The third-order valence-corrected chi connectivity index (χ3v) is 2.11. The molecule has 0 heterocycles. The summed E-state index contributed by atoms with van der Waals surface area (Å²) in [5.41, 5.74) is -0.680. The van der Waals surface area contributed by atoms with Crippen LogP contribution in [0.2, 0.25) is 0 Å². The third kappa shape index (κ3) is 3.88. The number of alkyl halides is 1.